The molecule has 0 aromatic carbocycles. The van der Waals surface area contributed by atoms with E-state index in [2.05, 4.69) is 20.2 Å². The number of hydrogen-bond donors (Lipinski definition) is 2. The molecule has 0 spiro atoms. The van der Waals surface area contributed by atoms with Crippen LogP contribution in [0.25, 0.3) is 10.2 Å². The summed E-state index contributed by atoms with van der Waals surface area (Å²) >= 11 is 1.28. The van der Waals surface area contributed by atoms with E-state index in [9.17, 15) is 18.0 Å². The highest BCUT2D eigenvalue weighted by atomic mass is 32.2. The van der Waals surface area contributed by atoms with Crippen LogP contribution in [0, 0.1) is 6.92 Å². The summed E-state index contributed by atoms with van der Waals surface area (Å²) in [6.45, 7) is 5.11. The molecule has 3 N–H and O–H groups in total. The predicted molar refractivity (Wildman–Crippen MR) is 118 cm³/mol. The molecule has 0 saturated carbocycles. The molecule has 0 radical (unpaired) electrons. The molecular weight excluding hydrogens is 440 g/mol. The van der Waals surface area contributed by atoms with Crippen molar-refractivity contribution in [2.24, 2.45) is 5.14 Å². The van der Waals surface area contributed by atoms with Gasteiger partial charge in [-0.05, 0) is 45.0 Å². The van der Waals surface area contributed by atoms with Gasteiger partial charge in [0.15, 0.2) is 5.03 Å². The third-order valence-corrected chi connectivity index (χ3v) is 7.06. The Morgan fingerprint density at radius 1 is 1.23 bits per heavy atom. The summed E-state index contributed by atoms with van der Waals surface area (Å²) in [6.07, 6.45) is 5.09. The highest BCUT2D eigenvalue weighted by Crippen LogP contribution is 2.27. The summed E-state index contributed by atoms with van der Waals surface area (Å²) in [5.74, 6) is -0.481. The lowest BCUT2D eigenvalue weighted by molar-refractivity contribution is 0.102. The van der Waals surface area contributed by atoms with Crippen molar-refractivity contribution >= 4 is 43.2 Å². The monoisotopic (exact) mass is 462 g/mol. The second kappa shape index (κ2) is 8.46. The van der Waals surface area contributed by atoms with Gasteiger partial charge in [-0.1, -0.05) is 0 Å². The molecule has 12 heteroatoms. The maximum Gasteiger partial charge on any atom is 0.262 e. The fraction of sp³-hybridized carbons (Fsp3) is 0.368. The molecule has 3 aromatic heterocycles. The Balaban J connectivity index is 1.61. The number of nitrogens with zero attached hydrogens (tertiary/aromatic N) is 4. The van der Waals surface area contributed by atoms with Gasteiger partial charge in [-0.25, -0.2) is 23.5 Å². The van der Waals surface area contributed by atoms with Gasteiger partial charge in [-0.2, -0.15) is 0 Å². The van der Waals surface area contributed by atoms with Crippen LogP contribution >= 0.6 is 11.3 Å². The number of anilines is 1. The number of pyridine rings is 1. The average molecular weight is 463 g/mol. The molecule has 0 unspecified atom stereocenters. The molecule has 4 rings (SSSR count). The molecule has 4 heterocycles. The number of nitrogens with two attached hydrogens (primary N) is 1. The minimum atomic E-state index is -3.93. The number of sulfonamides is 1. The first-order valence-electron chi connectivity index (χ1n) is 9.75. The first-order valence-corrected chi connectivity index (χ1v) is 12.1. The minimum absolute atomic E-state index is 0.249. The summed E-state index contributed by atoms with van der Waals surface area (Å²) in [7, 11) is -3.93. The van der Waals surface area contributed by atoms with Gasteiger partial charge >= 0.3 is 0 Å². The van der Waals surface area contributed by atoms with Crippen LogP contribution in [-0.2, 0) is 16.6 Å². The van der Waals surface area contributed by atoms with E-state index >= 15 is 0 Å². The molecule has 1 amide bonds. The van der Waals surface area contributed by atoms with E-state index in [1.54, 1.807) is 11.5 Å². The molecule has 3 aromatic rings. The van der Waals surface area contributed by atoms with Crippen LogP contribution in [0.3, 0.4) is 0 Å². The van der Waals surface area contributed by atoms with E-state index in [0.29, 0.717) is 16.3 Å². The highest BCUT2D eigenvalue weighted by molar-refractivity contribution is 7.89. The zero-order valence-corrected chi connectivity index (χ0v) is 18.5. The second-order valence-electron chi connectivity index (χ2n) is 7.39. The maximum absolute atomic E-state index is 13.1. The lowest BCUT2D eigenvalue weighted by Gasteiger charge is -2.15. The first kappa shape index (κ1) is 21.6. The van der Waals surface area contributed by atoms with Gasteiger partial charge in [0.25, 0.3) is 21.5 Å². The Bertz CT molecular complexity index is 1290. The SMILES string of the molecule is Cc1sc2ncn(CCN3CCCC3)c(=O)c2c1C(=O)Nc1ccc(S(N)(=O)=O)nc1. The number of hydrogen-bond acceptors (Lipinski definition) is 8. The van der Waals surface area contributed by atoms with Crippen molar-refractivity contribution in [1.29, 1.82) is 0 Å². The molecule has 31 heavy (non-hydrogen) atoms. The van der Waals surface area contributed by atoms with Crippen LogP contribution in [0.1, 0.15) is 28.1 Å². The van der Waals surface area contributed by atoms with Gasteiger partial charge in [0, 0.05) is 18.0 Å². The Morgan fingerprint density at radius 2 is 1.97 bits per heavy atom. The highest BCUT2D eigenvalue weighted by Gasteiger charge is 2.22. The van der Waals surface area contributed by atoms with E-state index in [1.165, 1.54) is 48.8 Å². The standard InChI is InChI=1S/C19H22N6O4S2/c1-12-15(17(26)23-13-4-5-14(21-10-13)31(20,28)29)16-18(30-12)22-11-25(19(16)27)9-8-24-6-2-3-7-24/h4-5,10-11H,2-3,6-9H2,1H3,(H,23,26)(H2,20,28,29). The maximum atomic E-state index is 13.1. The summed E-state index contributed by atoms with van der Waals surface area (Å²) in [5, 5.41) is 7.70. The third-order valence-electron chi connectivity index (χ3n) is 5.22. The largest absolute Gasteiger partial charge is 0.321 e. The summed E-state index contributed by atoms with van der Waals surface area (Å²) in [4.78, 5) is 37.7. The van der Waals surface area contributed by atoms with Crippen LogP contribution in [0.2, 0.25) is 0 Å². The van der Waals surface area contributed by atoms with Gasteiger partial charge in [-0.15, -0.1) is 11.3 Å². The number of aromatic nitrogens is 3. The molecule has 1 saturated heterocycles. The summed E-state index contributed by atoms with van der Waals surface area (Å²) in [5.41, 5.74) is 0.305. The van der Waals surface area contributed by atoms with E-state index in [1.807, 2.05) is 0 Å². The Labute approximate surface area is 182 Å². The predicted octanol–water partition coefficient (Wildman–Crippen LogP) is 1.16. The van der Waals surface area contributed by atoms with Crippen molar-refractivity contribution in [3.05, 3.63) is 45.5 Å². The number of carbonyl (C=O) groups is 1. The normalized spacial score (nSPS) is 14.9. The molecule has 0 atom stereocenters. The van der Waals surface area contributed by atoms with Crippen molar-refractivity contribution in [2.45, 2.75) is 31.3 Å². The van der Waals surface area contributed by atoms with Crippen molar-refractivity contribution in [3.63, 3.8) is 0 Å². The number of fused-ring (bicyclic) bond motifs is 1. The van der Waals surface area contributed by atoms with Crippen LogP contribution in [0.4, 0.5) is 5.69 Å². The second-order valence-corrected chi connectivity index (χ2v) is 10.1. The number of thiophene rings is 1. The molecule has 10 nitrogen and oxygen atoms in total. The Kier molecular flexibility index (Phi) is 5.88. The topological polar surface area (TPSA) is 140 Å². The van der Waals surface area contributed by atoms with Crippen molar-refractivity contribution in [1.82, 2.24) is 19.4 Å². The number of likely N-dealkylation sites (tertiary alicyclic amines) is 1. The number of rotatable bonds is 6. The van der Waals surface area contributed by atoms with E-state index in [-0.39, 0.29) is 27.2 Å². The minimum Gasteiger partial charge on any atom is -0.321 e. The van der Waals surface area contributed by atoms with E-state index in [4.69, 9.17) is 5.14 Å². The average Bonchev–Trinajstić information content (AvgIpc) is 3.34. The van der Waals surface area contributed by atoms with E-state index in [0.717, 1.165) is 19.6 Å². The van der Waals surface area contributed by atoms with Crippen molar-refractivity contribution < 1.29 is 13.2 Å². The number of carbonyl (C=O) groups excluding carboxylic acids is 1. The number of amides is 1. The van der Waals surface area contributed by atoms with Gasteiger partial charge in [0.1, 0.15) is 4.83 Å². The molecule has 164 valence electrons. The zero-order chi connectivity index (χ0) is 22.2. The lowest BCUT2D eigenvalue weighted by Crippen LogP contribution is -2.29. The van der Waals surface area contributed by atoms with Crippen LogP contribution < -0.4 is 16.0 Å². The van der Waals surface area contributed by atoms with Crippen molar-refractivity contribution in [2.75, 3.05) is 25.0 Å². The fourth-order valence-electron chi connectivity index (χ4n) is 3.64. The van der Waals surface area contributed by atoms with Crippen LogP contribution in [0.5, 0.6) is 0 Å². The molecule has 1 aliphatic rings. The van der Waals surface area contributed by atoms with Gasteiger partial charge < -0.3 is 10.2 Å². The van der Waals surface area contributed by atoms with Crippen LogP contribution in [0.15, 0.2) is 34.5 Å². The van der Waals surface area contributed by atoms with Crippen LogP contribution in [-0.4, -0.2) is 53.4 Å². The Morgan fingerprint density at radius 3 is 2.61 bits per heavy atom. The molecule has 0 aliphatic carbocycles. The number of primary sulfonamides is 1. The molecule has 0 bridgehead atoms. The Hall–Kier alpha value is -2.67. The molecule has 1 fully saturated rings. The smallest absolute Gasteiger partial charge is 0.262 e. The van der Waals surface area contributed by atoms with E-state index < -0.39 is 15.9 Å². The molecule has 1 aliphatic heterocycles. The quantitative estimate of drug-likeness (QED) is 0.560. The third kappa shape index (κ3) is 4.51. The summed E-state index contributed by atoms with van der Waals surface area (Å²) < 4.78 is 24.2. The summed E-state index contributed by atoms with van der Waals surface area (Å²) in [6, 6.07) is 2.59. The number of nitrogens with one attached hydrogen (secondary N) is 1. The fourth-order valence-corrected chi connectivity index (χ4v) is 5.08. The zero-order valence-electron chi connectivity index (χ0n) is 16.9. The van der Waals surface area contributed by atoms with Gasteiger partial charge in [0.05, 0.1) is 29.2 Å². The lowest BCUT2D eigenvalue weighted by atomic mass is 10.1. The van der Waals surface area contributed by atoms with Gasteiger partial charge in [0.2, 0.25) is 0 Å². The number of aryl methyl sites for hydroxylation is 1. The van der Waals surface area contributed by atoms with Gasteiger partial charge in [-0.3, -0.25) is 14.2 Å². The van der Waals surface area contributed by atoms with Crippen molar-refractivity contribution in [3.8, 4) is 0 Å². The molecular formula is C19H22N6O4S2. The first-order chi connectivity index (χ1) is 14.7.